The minimum absolute atomic E-state index is 0.0625. The zero-order chi connectivity index (χ0) is 18.9. The van der Waals surface area contributed by atoms with Crippen LogP contribution in [0.1, 0.15) is 39.5 Å². The number of ketones is 1. The Labute approximate surface area is 166 Å². The second kappa shape index (κ2) is 7.88. The zero-order valence-corrected chi connectivity index (χ0v) is 17.9. The number of ether oxygens (including phenoxy) is 1. The van der Waals surface area contributed by atoms with E-state index in [0.29, 0.717) is 17.4 Å². The Kier molecular flexibility index (Phi) is 5.96. The first-order valence-corrected chi connectivity index (χ1v) is 11.2. The molecule has 4 atom stereocenters. The Morgan fingerprint density at radius 1 is 1.23 bits per heavy atom. The van der Waals surface area contributed by atoms with E-state index in [9.17, 15) is 9.59 Å². The number of hydrogen-bond acceptors (Lipinski definition) is 3. The SMILES string of the molecule is COC(=O)C(C)([Se]c1ccccc1)[C@H]1CC[C@H](C)[C@@H]2CC(=O)C(Cl)=C2C1. The summed E-state index contributed by atoms with van der Waals surface area (Å²) in [4.78, 5) is 25.0. The summed E-state index contributed by atoms with van der Waals surface area (Å²) in [5, 5.41) is 0.424. The molecule has 0 bridgehead atoms. The molecule has 0 amide bonds. The third kappa shape index (κ3) is 3.65. The van der Waals surface area contributed by atoms with E-state index in [4.69, 9.17) is 16.3 Å². The van der Waals surface area contributed by atoms with Gasteiger partial charge in [-0.2, -0.15) is 0 Å². The number of allylic oxidation sites excluding steroid dienone is 2. The van der Waals surface area contributed by atoms with Gasteiger partial charge in [0.1, 0.15) is 0 Å². The number of hydrogen-bond donors (Lipinski definition) is 0. The number of benzene rings is 1. The van der Waals surface area contributed by atoms with Crippen LogP contribution < -0.4 is 4.46 Å². The Balaban J connectivity index is 1.96. The van der Waals surface area contributed by atoms with Crippen molar-refractivity contribution in [2.45, 2.75) is 43.8 Å². The molecular weight excluding hydrogens is 415 g/mol. The van der Waals surface area contributed by atoms with E-state index in [1.54, 1.807) is 0 Å². The first-order chi connectivity index (χ1) is 12.4. The van der Waals surface area contributed by atoms with Gasteiger partial charge in [-0.1, -0.05) is 0 Å². The number of fused-ring (bicyclic) bond motifs is 1. The summed E-state index contributed by atoms with van der Waals surface area (Å²) < 4.78 is 5.84. The number of esters is 1. The molecule has 1 aromatic carbocycles. The van der Waals surface area contributed by atoms with E-state index in [0.717, 1.165) is 24.8 Å². The molecule has 1 unspecified atom stereocenters. The second-order valence-corrected chi connectivity index (χ2v) is 11.1. The third-order valence-corrected chi connectivity index (χ3v) is 9.40. The van der Waals surface area contributed by atoms with Crippen LogP contribution in [0.2, 0.25) is 4.31 Å². The van der Waals surface area contributed by atoms with Crippen molar-refractivity contribution < 1.29 is 14.3 Å². The van der Waals surface area contributed by atoms with Crippen LogP contribution in [0.4, 0.5) is 0 Å². The van der Waals surface area contributed by atoms with E-state index in [1.807, 2.05) is 25.1 Å². The van der Waals surface area contributed by atoms with Gasteiger partial charge in [0.25, 0.3) is 0 Å². The standard InChI is InChI=1S/C21H25ClO3Se/c1-13-9-10-14(11-17-16(13)12-18(23)19(17)22)21(2,20(24)25-3)26-15-7-5-4-6-8-15/h4-8,13-14,16H,9-12H2,1-3H3/t13-,14-,16-,21?/m0/s1. The summed E-state index contributed by atoms with van der Waals surface area (Å²) in [6.45, 7) is 4.24. The van der Waals surface area contributed by atoms with E-state index in [-0.39, 0.29) is 38.5 Å². The summed E-state index contributed by atoms with van der Waals surface area (Å²) in [5.41, 5.74) is 1.07. The van der Waals surface area contributed by atoms with Crippen LogP contribution in [0.3, 0.4) is 0 Å². The molecule has 1 saturated carbocycles. The van der Waals surface area contributed by atoms with Crippen molar-refractivity contribution in [3.8, 4) is 0 Å². The third-order valence-electron chi connectivity index (χ3n) is 5.95. The first kappa shape index (κ1) is 19.7. The predicted octanol–water partition coefficient (Wildman–Crippen LogP) is 3.89. The molecule has 140 valence electrons. The van der Waals surface area contributed by atoms with E-state index in [1.165, 1.54) is 11.6 Å². The Morgan fingerprint density at radius 3 is 2.58 bits per heavy atom. The van der Waals surface area contributed by atoms with Gasteiger partial charge in [0.2, 0.25) is 0 Å². The molecule has 0 saturated heterocycles. The number of Topliss-reactive ketones (excluding diaryl/α,β-unsaturated/α-hetero) is 1. The van der Waals surface area contributed by atoms with Gasteiger partial charge in [-0.3, -0.25) is 0 Å². The minimum atomic E-state index is -0.576. The van der Waals surface area contributed by atoms with Crippen molar-refractivity contribution in [1.82, 2.24) is 0 Å². The van der Waals surface area contributed by atoms with Crippen LogP contribution in [-0.4, -0.2) is 33.8 Å². The maximum atomic E-state index is 12.8. The molecule has 26 heavy (non-hydrogen) atoms. The fraction of sp³-hybridized carbons (Fsp3) is 0.524. The number of carbonyl (C=O) groups excluding carboxylic acids is 2. The summed E-state index contributed by atoms with van der Waals surface area (Å²) in [7, 11) is 1.47. The van der Waals surface area contributed by atoms with E-state index >= 15 is 0 Å². The van der Waals surface area contributed by atoms with Crippen LogP contribution in [0, 0.1) is 17.8 Å². The normalized spacial score (nSPS) is 28.3. The van der Waals surface area contributed by atoms with Gasteiger partial charge in [0.15, 0.2) is 0 Å². The quantitative estimate of drug-likeness (QED) is 0.528. The number of halogens is 1. The monoisotopic (exact) mass is 440 g/mol. The van der Waals surface area contributed by atoms with Crippen LogP contribution >= 0.6 is 11.6 Å². The molecule has 3 rings (SSSR count). The Hall–Kier alpha value is -1.09. The topological polar surface area (TPSA) is 43.4 Å². The van der Waals surface area contributed by atoms with Crippen molar-refractivity contribution in [3.05, 3.63) is 40.9 Å². The summed E-state index contributed by atoms with van der Waals surface area (Å²) >= 11 is 6.32. The Morgan fingerprint density at radius 2 is 1.92 bits per heavy atom. The van der Waals surface area contributed by atoms with Crippen molar-refractivity contribution in [3.63, 3.8) is 0 Å². The van der Waals surface area contributed by atoms with Gasteiger partial charge in [-0.25, -0.2) is 0 Å². The fourth-order valence-corrected chi connectivity index (χ4v) is 7.33. The molecule has 0 heterocycles. The van der Waals surface area contributed by atoms with Gasteiger partial charge in [-0.15, -0.1) is 0 Å². The molecule has 0 N–H and O–H groups in total. The number of methoxy groups -OCH3 is 1. The predicted molar refractivity (Wildman–Crippen MR) is 105 cm³/mol. The molecule has 3 nitrogen and oxygen atoms in total. The van der Waals surface area contributed by atoms with Crippen molar-refractivity contribution in [2.75, 3.05) is 7.11 Å². The van der Waals surface area contributed by atoms with Crippen LogP contribution in [-0.2, 0) is 14.3 Å². The molecule has 2 aliphatic carbocycles. The fourth-order valence-electron chi connectivity index (χ4n) is 4.27. The average Bonchev–Trinajstić information content (AvgIpc) is 2.81. The van der Waals surface area contributed by atoms with Crippen LogP contribution in [0.5, 0.6) is 0 Å². The summed E-state index contributed by atoms with van der Waals surface area (Å²) in [6, 6.07) is 10.2. The van der Waals surface area contributed by atoms with E-state index < -0.39 is 4.31 Å². The molecule has 0 spiro atoms. The average molecular weight is 440 g/mol. The van der Waals surface area contributed by atoms with Crippen LogP contribution in [0.15, 0.2) is 40.9 Å². The van der Waals surface area contributed by atoms with Gasteiger partial charge in [0.05, 0.1) is 0 Å². The Bertz CT molecular complexity index is 730. The number of carbonyl (C=O) groups is 2. The van der Waals surface area contributed by atoms with Gasteiger partial charge in [-0.05, 0) is 0 Å². The molecule has 1 fully saturated rings. The van der Waals surface area contributed by atoms with Crippen LogP contribution in [0.25, 0.3) is 0 Å². The number of rotatable bonds is 4. The molecule has 1 aromatic rings. The molecular formula is C21H25ClO3Se. The molecule has 0 radical (unpaired) electrons. The second-order valence-electron chi connectivity index (χ2n) is 7.54. The molecule has 0 aliphatic heterocycles. The first-order valence-electron chi connectivity index (χ1n) is 9.11. The van der Waals surface area contributed by atoms with Crippen molar-refractivity contribution in [1.29, 1.82) is 0 Å². The summed E-state index contributed by atoms with van der Waals surface area (Å²) in [5.74, 6) is 0.704. The van der Waals surface area contributed by atoms with Gasteiger partial charge >= 0.3 is 167 Å². The van der Waals surface area contributed by atoms with Gasteiger partial charge in [0, 0.05) is 0 Å². The zero-order valence-electron chi connectivity index (χ0n) is 15.5. The summed E-state index contributed by atoms with van der Waals surface area (Å²) in [6.07, 6.45) is 3.22. The molecule has 5 heteroatoms. The molecule has 0 aromatic heterocycles. The van der Waals surface area contributed by atoms with E-state index in [2.05, 4.69) is 19.1 Å². The maximum absolute atomic E-state index is 12.8. The van der Waals surface area contributed by atoms with Crippen molar-refractivity contribution in [2.24, 2.45) is 17.8 Å². The van der Waals surface area contributed by atoms with Gasteiger partial charge < -0.3 is 0 Å². The molecule has 2 aliphatic rings. The van der Waals surface area contributed by atoms with Crippen molar-refractivity contribution >= 4 is 42.8 Å².